The molecule has 228 valence electrons. The Hall–Kier alpha value is -3.55. The smallest absolute Gasteiger partial charge is 0.166 e. The first kappa shape index (κ1) is 30.9. The maximum absolute atomic E-state index is 13.7. The number of hydrogen-bond donors (Lipinski definition) is 0. The van der Waals surface area contributed by atoms with Crippen LogP contribution in [0.25, 0.3) is 27.9 Å². The van der Waals surface area contributed by atoms with Crippen molar-refractivity contribution in [3.63, 3.8) is 0 Å². The molecule has 0 aliphatic heterocycles. The lowest BCUT2D eigenvalue weighted by Crippen LogP contribution is -2.35. The highest BCUT2D eigenvalue weighted by Crippen LogP contribution is 2.44. The molecule has 0 N–H and O–H groups in total. The molecule has 0 bridgehead atoms. The van der Waals surface area contributed by atoms with Gasteiger partial charge in [-0.25, -0.2) is 0 Å². The van der Waals surface area contributed by atoms with Gasteiger partial charge in [0.15, 0.2) is 0 Å². The fourth-order valence-electron chi connectivity index (χ4n) is 5.10. The first-order chi connectivity index (χ1) is 19.8. The van der Waals surface area contributed by atoms with Gasteiger partial charge in [-0.05, 0) is 78.9 Å². The number of para-hydroxylation sites is 1. The Bertz CT molecular complexity index is 1510. The summed E-state index contributed by atoms with van der Waals surface area (Å²) in [5, 5.41) is 0. The van der Waals surface area contributed by atoms with Gasteiger partial charge in [-0.2, -0.15) is 57.3 Å². The van der Waals surface area contributed by atoms with Crippen molar-refractivity contribution >= 4 is 11.3 Å². The van der Waals surface area contributed by atoms with E-state index in [1.54, 1.807) is 0 Å². The van der Waals surface area contributed by atoms with Crippen LogP contribution in [0.5, 0.6) is 0 Å². The molecule has 43 heavy (non-hydrogen) atoms. The summed E-state index contributed by atoms with van der Waals surface area (Å²) in [7, 11) is 0. The maximum atomic E-state index is 13.7. The third kappa shape index (κ3) is 6.24. The Kier molecular flexibility index (Phi) is 7.59. The Morgan fingerprint density at radius 1 is 0.535 bits per heavy atom. The number of rotatable bonds is 3. The molecule has 0 saturated carbocycles. The standard InChI is InChI=1S/C29H18F12NS/c30-26(31,32)17-8-15(9-18(12-17)27(33,34)35)21-4-3-5-22(25(21)42-14-43-24-7-2-1-6-23(24)42)16-10-19(28(36,37)38)13-20(11-16)29(39,40)41/h3-5,8-14H,1-2,6-7H2/q+1. The van der Waals surface area contributed by atoms with Crippen LogP contribution in [0.1, 0.15) is 45.7 Å². The van der Waals surface area contributed by atoms with E-state index in [9.17, 15) is 52.7 Å². The zero-order chi connectivity index (χ0) is 31.5. The molecule has 0 saturated heterocycles. The summed E-state index contributed by atoms with van der Waals surface area (Å²) < 4.78 is 166. The van der Waals surface area contributed by atoms with Crippen molar-refractivity contribution in [1.82, 2.24) is 0 Å². The molecule has 0 amide bonds. The topological polar surface area (TPSA) is 3.88 Å². The van der Waals surface area contributed by atoms with Crippen LogP contribution in [-0.4, -0.2) is 0 Å². The van der Waals surface area contributed by atoms with E-state index in [0.29, 0.717) is 49.2 Å². The molecular weight excluding hydrogens is 622 g/mol. The predicted molar refractivity (Wildman–Crippen MR) is 133 cm³/mol. The predicted octanol–water partition coefficient (Wildman–Crippen LogP) is 10.3. The van der Waals surface area contributed by atoms with E-state index in [-0.39, 0.29) is 28.9 Å². The fraction of sp³-hybridized carbons (Fsp3) is 0.276. The van der Waals surface area contributed by atoms with E-state index in [0.717, 1.165) is 17.4 Å². The van der Waals surface area contributed by atoms with E-state index in [2.05, 4.69) is 0 Å². The van der Waals surface area contributed by atoms with Gasteiger partial charge in [-0.15, -0.1) is 0 Å². The van der Waals surface area contributed by atoms with E-state index in [4.69, 9.17) is 0 Å². The lowest BCUT2D eigenvalue weighted by atomic mass is 9.91. The third-order valence-corrected chi connectivity index (χ3v) is 8.10. The molecule has 1 aliphatic carbocycles. The quantitative estimate of drug-likeness (QED) is 0.155. The van der Waals surface area contributed by atoms with Crippen LogP contribution in [0.4, 0.5) is 52.7 Å². The monoisotopic (exact) mass is 640 g/mol. The molecule has 1 aromatic heterocycles. The number of alkyl halides is 12. The summed E-state index contributed by atoms with van der Waals surface area (Å²) in [4.78, 5) is 0.840. The lowest BCUT2D eigenvalue weighted by molar-refractivity contribution is -0.598. The van der Waals surface area contributed by atoms with Gasteiger partial charge in [-0.3, -0.25) is 0 Å². The number of hydrogen-bond acceptors (Lipinski definition) is 1. The van der Waals surface area contributed by atoms with Crippen LogP contribution in [0.3, 0.4) is 0 Å². The maximum Gasteiger partial charge on any atom is 0.416 e. The van der Waals surface area contributed by atoms with Gasteiger partial charge in [0, 0.05) is 6.42 Å². The second-order valence-corrected chi connectivity index (χ2v) is 10.9. The summed E-state index contributed by atoms with van der Waals surface area (Å²) in [6.45, 7) is 0. The van der Waals surface area contributed by atoms with Crippen LogP contribution >= 0.6 is 11.3 Å². The van der Waals surface area contributed by atoms with Gasteiger partial charge in [-0.1, -0.05) is 17.4 Å². The summed E-state index contributed by atoms with van der Waals surface area (Å²) in [6, 6.07) is 5.32. The number of halogens is 12. The number of nitrogens with zero attached hydrogens (tertiary/aromatic N) is 1. The van der Waals surface area contributed by atoms with Crippen molar-refractivity contribution in [3.8, 4) is 27.9 Å². The number of thiazole rings is 1. The number of aromatic nitrogens is 1. The average Bonchev–Trinajstić information content (AvgIpc) is 3.34. The van der Waals surface area contributed by atoms with Gasteiger partial charge in [0.1, 0.15) is 0 Å². The van der Waals surface area contributed by atoms with Crippen LogP contribution < -0.4 is 4.57 Å². The number of aryl methyl sites for hydroxylation is 1. The molecule has 4 aromatic rings. The van der Waals surface area contributed by atoms with Crippen molar-refractivity contribution in [2.45, 2.75) is 50.4 Å². The summed E-state index contributed by atoms with van der Waals surface area (Å²) in [5.74, 6) is 0. The second kappa shape index (κ2) is 10.6. The molecule has 14 heteroatoms. The zero-order valence-electron chi connectivity index (χ0n) is 21.5. The molecule has 1 nitrogen and oxygen atoms in total. The number of benzene rings is 3. The molecule has 0 unspecified atom stereocenters. The minimum absolute atomic E-state index is 0.0605. The highest BCUT2D eigenvalue weighted by atomic mass is 32.1. The lowest BCUT2D eigenvalue weighted by Gasteiger charge is -2.18. The minimum Gasteiger partial charge on any atom is -0.166 e. The van der Waals surface area contributed by atoms with Gasteiger partial charge >= 0.3 is 24.7 Å². The SMILES string of the molecule is FC(F)(F)c1cc(-c2cccc(-c3cc(C(F)(F)F)cc(C(F)(F)F)c3)c2-[n+]2csc3c2CCCC3)cc(C(F)(F)F)c1. The Labute approximate surface area is 240 Å². The largest absolute Gasteiger partial charge is 0.416 e. The normalized spacial score (nSPS) is 14.6. The Morgan fingerprint density at radius 3 is 1.33 bits per heavy atom. The molecule has 0 atom stereocenters. The van der Waals surface area contributed by atoms with Crippen molar-refractivity contribution < 1.29 is 57.3 Å². The summed E-state index contributed by atoms with van der Waals surface area (Å²) in [6.07, 6.45) is -18.3. The van der Waals surface area contributed by atoms with Crippen molar-refractivity contribution in [3.05, 3.63) is 92.9 Å². The van der Waals surface area contributed by atoms with E-state index < -0.39 is 58.1 Å². The average molecular weight is 641 g/mol. The second-order valence-electron chi connectivity index (χ2n) is 9.96. The van der Waals surface area contributed by atoms with Gasteiger partial charge in [0.05, 0.1) is 38.3 Å². The number of fused-ring (bicyclic) bond motifs is 1. The summed E-state index contributed by atoms with van der Waals surface area (Å²) >= 11 is 1.23. The van der Waals surface area contributed by atoms with E-state index in [1.165, 1.54) is 33.5 Å². The van der Waals surface area contributed by atoms with Crippen LogP contribution in [0, 0.1) is 0 Å². The van der Waals surface area contributed by atoms with Gasteiger partial charge < -0.3 is 0 Å². The molecule has 5 rings (SSSR count). The molecule has 0 spiro atoms. The van der Waals surface area contributed by atoms with Crippen LogP contribution in [-0.2, 0) is 37.5 Å². The molecule has 3 aromatic carbocycles. The Balaban J connectivity index is 1.88. The molecule has 1 heterocycles. The van der Waals surface area contributed by atoms with E-state index >= 15 is 0 Å². The highest BCUT2D eigenvalue weighted by molar-refractivity contribution is 7.09. The van der Waals surface area contributed by atoms with Crippen LogP contribution in [0.2, 0.25) is 0 Å². The van der Waals surface area contributed by atoms with Crippen molar-refractivity contribution in [2.24, 2.45) is 0 Å². The first-order valence-corrected chi connectivity index (χ1v) is 13.5. The fourth-order valence-corrected chi connectivity index (χ4v) is 6.16. The molecular formula is C29H18F12NS+. The van der Waals surface area contributed by atoms with Crippen molar-refractivity contribution in [1.29, 1.82) is 0 Å². The Morgan fingerprint density at radius 2 is 0.930 bits per heavy atom. The van der Waals surface area contributed by atoms with E-state index in [1.807, 2.05) is 0 Å². The third-order valence-electron chi connectivity index (χ3n) is 7.05. The zero-order valence-corrected chi connectivity index (χ0v) is 22.3. The molecule has 0 radical (unpaired) electrons. The van der Waals surface area contributed by atoms with Gasteiger partial charge in [0.25, 0.3) is 0 Å². The van der Waals surface area contributed by atoms with Crippen molar-refractivity contribution in [2.75, 3.05) is 0 Å². The van der Waals surface area contributed by atoms with Gasteiger partial charge in [0.2, 0.25) is 16.9 Å². The van der Waals surface area contributed by atoms with Crippen LogP contribution in [0.15, 0.2) is 60.1 Å². The molecule has 0 fully saturated rings. The summed E-state index contributed by atoms with van der Waals surface area (Å²) in [5.41, 5.74) is -6.10. The minimum atomic E-state index is -5.19. The first-order valence-electron chi connectivity index (χ1n) is 12.6. The molecule has 1 aliphatic rings. The highest BCUT2D eigenvalue weighted by Gasteiger charge is 2.40.